The first kappa shape index (κ1) is 21.8. The summed E-state index contributed by atoms with van der Waals surface area (Å²) < 4.78 is 11.6. The predicted molar refractivity (Wildman–Crippen MR) is 130 cm³/mol. The van der Waals surface area contributed by atoms with Crippen LogP contribution < -0.4 is 16.0 Å². The minimum absolute atomic E-state index is 0.0404. The molecule has 1 saturated heterocycles. The van der Waals surface area contributed by atoms with Crippen molar-refractivity contribution in [2.75, 3.05) is 30.4 Å². The van der Waals surface area contributed by atoms with E-state index in [1.54, 1.807) is 4.90 Å². The maximum atomic E-state index is 13.0. The Labute approximate surface area is 203 Å². The van der Waals surface area contributed by atoms with Gasteiger partial charge in [0, 0.05) is 30.0 Å². The number of rotatable bonds is 4. The van der Waals surface area contributed by atoms with Crippen LogP contribution in [0.3, 0.4) is 0 Å². The lowest BCUT2D eigenvalue weighted by atomic mass is 9.85. The van der Waals surface area contributed by atoms with Crippen LogP contribution in [0.2, 0.25) is 0 Å². The topological polar surface area (TPSA) is 107 Å². The largest absolute Gasteiger partial charge is 0.384 e. The summed E-state index contributed by atoms with van der Waals surface area (Å²) in [6.07, 6.45) is -0.401. The first-order valence-corrected chi connectivity index (χ1v) is 11.7. The fraction of sp³-hybridized carbons (Fsp3) is 0.296. The third kappa shape index (κ3) is 3.57. The molecule has 3 aromatic rings. The van der Waals surface area contributed by atoms with E-state index in [2.05, 4.69) is 10.3 Å². The predicted octanol–water partition coefficient (Wildman–Crippen LogP) is 3.10. The summed E-state index contributed by atoms with van der Waals surface area (Å²) in [6.45, 7) is 5.40. The molecule has 3 aliphatic heterocycles. The van der Waals surface area contributed by atoms with Gasteiger partial charge in [0.25, 0.3) is 11.8 Å². The number of carbonyl (C=O) groups excluding carboxylic acids is 2. The summed E-state index contributed by atoms with van der Waals surface area (Å²) in [7, 11) is 0. The molecule has 2 aromatic carbocycles. The van der Waals surface area contributed by atoms with Crippen LogP contribution in [0.25, 0.3) is 0 Å². The van der Waals surface area contributed by atoms with Gasteiger partial charge >= 0.3 is 0 Å². The van der Waals surface area contributed by atoms with Gasteiger partial charge in [-0.1, -0.05) is 12.1 Å². The number of nitrogens with two attached hydrogens (primary N) is 1. The van der Waals surface area contributed by atoms with E-state index in [1.165, 1.54) is 0 Å². The van der Waals surface area contributed by atoms with Gasteiger partial charge in [-0.25, -0.2) is 4.98 Å². The van der Waals surface area contributed by atoms with Crippen molar-refractivity contribution in [3.8, 4) is 0 Å². The number of aromatic nitrogens is 1. The van der Waals surface area contributed by atoms with Crippen LogP contribution >= 0.6 is 0 Å². The number of hydrogen-bond donors (Lipinski definition) is 2. The van der Waals surface area contributed by atoms with Crippen molar-refractivity contribution in [3.05, 3.63) is 87.1 Å². The van der Waals surface area contributed by atoms with Gasteiger partial charge in [0.2, 0.25) is 0 Å². The van der Waals surface area contributed by atoms with Crippen molar-refractivity contribution >= 4 is 23.3 Å². The number of anilines is 2. The lowest BCUT2D eigenvalue weighted by Gasteiger charge is -2.28. The molecule has 35 heavy (non-hydrogen) atoms. The monoisotopic (exact) mass is 470 g/mol. The Morgan fingerprint density at radius 1 is 1.09 bits per heavy atom. The third-order valence-corrected chi connectivity index (χ3v) is 7.12. The Bertz CT molecular complexity index is 1360. The average molecular weight is 471 g/mol. The second-order valence-electron chi connectivity index (χ2n) is 9.26. The van der Waals surface area contributed by atoms with Crippen molar-refractivity contribution in [2.45, 2.75) is 32.6 Å². The van der Waals surface area contributed by atoms with Crippen LogP contribution in [0.15, 0.2) is 42.5 Å². The molecule has 8 heteroatoms. The third-order valence-electron chi connectivity index (χ3n) is 7.12. The minimum atomic E-state index is -0.250. The highest BCUT2D eigenvalue weighted by Crippen LogP contribution is 2.54. The highest BCUT2D eigenvalue weighted by molar-refractivity contribution is 5.95. The molecule has 4 heterocycles. The van der Waals surface area contributed by atoms with E-state index in [4.69, 9.17) is 15.2 Å². The summed E-state index contributed by atoms with van der Waals surface area (Å²) in [6, 6.07) is 13.6. The second-order valence-corrected chi connectivity index (χ2v) is 9.26. The standard InChI is InChI=1S/C27H26N4O4/c1-14-9-23(28)30-15(2)22(14)12-29-27(33)16-3-5-18-20(10-16)26-21-11-17(4-6-19(21)25(18)35-26)31-7-8-34-13-24(31)32/h3-6,9-11,25-26H,7-8,12-13H2,1-2H3,(H2,28,30)(H,29,33). The van der Waals surface area contributed by atoms with Crippen molar-refractivity contribution in [3.63, 3.8) is 0 Å². The number of fused-ring (bicyclic) bond motifs is 8. The number of nitrogens with zero attached hydrogens (tertiary/aromatic N) is 2. The smallest absolute Gasteiger partial charge is 0.253 e. The van der Waals surface area contributed by atoms with Crippen LogP contribution in [0, 0.1) is 13.8 Å². The normalized spacial score (nSPS) is 20.1. The maximum absolute atomic E-state index is 13.0. The van der Waals surface area contributed by atoms with Gasteiger partial charge in [0.05, 0.1) is 6.61 Å². The molecule has 0 saturated carbocycles. The summed E-state index contributed by atoms with van der Waals surface area (Å²) in [5.41, 5.74) is 14.3. The van der Waals surface area contributed by atoms with Crippen LogP contribution in [0.1, 0.15) is 61.6 Å². The molecule has 2 unspecified atom stereocenters. The SMILES string of the molecule is Cc1cc(N)nc(C)c1CNC(=O)c1ccc2c(c1)C1OC2c2ccc(N3CCOCC3=O)cc21. The van der Waals surface area contributed by atoms with E-state index in [-0.39, 0.29) is 30.6 Å². The molecule has 8 nitrogen and oxygen atoms in total. The number of ether oxygens (including phenoxy) is 2. The van der Waals surface area contributed by atoms with E-state index in [9.17, 15) is 9.59 Å². The number of nitrogens with one attached hydrogen (secondary N) is 1. The summed E-state index contributed by atoms with van der Waals surface area (Å²) in [5.74, 6) is 0.283. The molecule has 0 aliphatic carbocycles. The Hall–Kier alpha value is -3.75. The summed E-state index contributed by atoms with van der Waals surface area (Å²) >= 11 is 0. The fourth-order valence-corrected chi connectivity index (χ4v) is 5.36. The van der Waals surface area contributed by atoms with Crippen LogP contribution in [-0.2, 0) is 20.8 Å². The van der Waals surface area contributed by atoms with Crippen LogP contribution in [-0.4, -0.2) is 36.6 Å². The Morgan fingerprint density at radius 2 is 1.83 bits per heavy atom. The zero-order valence-corrected chi connectivity index (χ0v) is 19.6. The molecule has 1 fully saturated rings. The molecule has 0 spiro atoms. The van der Waals surface area contributed by atoms with E-state index < -0.39 is 0 Å². The van der Waals surface area contributed by atoms with E-state index in [0.29, 0.717) is 31.1 Å². The molecule has 2 atom stereocenters. The zero-order valence-electron chi connectivity index (χ0n) is 19.6. The van der Waals surface area contributed by atoms with Crippen molar-refractivity contribution < 1.29 is 19.1 Å². The van der Waals surface area contributed by atoms with E-state index in [1.807, 2.05) is 56.3 Å². The number of pyridine rings is 1. The molecule has 3 aliphatic rings. The molecule has 1 aromatic heterocycles. The highest BCUT2D eigenvalue weighted by Gasteiger charge is 2.43. The quantitative estimate of drug-likeness (QED) is 0.607. The maximum Gasteiger partial charge on any atom is 0.253 e. The molecule has 178 valence electrons. The number of benzene rings is 2. The number of amides is 2. The number of aryl methyl sites for hydroxylation is 2. The van der Waals surface area contributed by atoms with Crippen molar-refractivity contribution in [1.82, 2.24) is 10.3 Å². The lowest BCUT2D eigenvalue weighted by molar-refractivity contribution is -0.125. The van der Waals surface area contributed by atoms with Crippen molar-refractivity contribution in [1.29, 1.82) is 0 Å². The zero-order chi connectivity index (χ0) is 24.3. The van der Waals surface area contributed by atoms with Crippen molar-refractivity contribution in [2.24, 2.45) is 0 Å². The number of carbonyl (C=O) groups is 2. The van der Waals surface area contributed by atoms with E-state index in [0.717, 1.165) is 44.8 Å². The molecule has 2 amide bonds. The van der Waals surface area contributed by atoms with Gasteiger partial charge in [0.15, 0.2) is 0 Å². The van der Waals surface area contributed by atoms with Gasteiger partial charge in [-0.2, -0.15) is 0 Å². The highest BCUT2D eigenvalue weighted by atomic mass is 16.5. The van der Waals surface area contributed by atoms with Gasteiger partial charge in [-0.3, -0.25) is 9.59 Å². The number of morpholine rings is 1. The van der Waals surface area contributed by atoms with E-state index >= 15 is 0 Å². The molecular formula is C27H26N4O4. The number of hydrogen-bond acceptors (Lipinski definition) is 6. The molecular weight excluding hydrogens is 444 g/mol. The molecule has 0 radical (unpaired) electrons. The van der Waals surface area contributed by atoms with Gasteiger partial charge in [0.1, 0.15) is 24.6 Å². The molecule has 3 N–H and O–H groups in total. The van der Waals surface area contributed by atoms with Gasteiger partial charge < -0.3 is 25.4 Å². The minimum Gasteiger partial charge on any atom is -0.384 e. The molecule has 6 rings (SSSR count). The Kier molecular flexibility index (Phi) is 5.09. The van der Waals surface area contributed by atoms with Crippen LogP contribution in [0.4, 0.5) is 11.5 Å². The lowest BCUT2D eigenvalue weighted by Crippen LogP contribution is -2.41. The first-order chi connectivity index (χ1) is 16.9. The first-order valence-electron chi connectivity index (χ1n) is 11.7. The van der Waals surface area contributed by atoms with Crippen LogP contribution in [0.5, 0.6) is 0 Å². The fourth-order valence-electron chi connectivity index (χ4n) is 5.36. The Balaban J connectivity index is 1.24. The average Bonchev–Trinajstić information content (AvgIpc) is 3.40. The second kappa shape index (κ2) is 8.18. The number of nitrogen functional groups attached to an aromatic ring is 1. The summed E-state index contributed by atoms with van der Waals surface area (Å²) in [5, 5.41) is 3.01. The molecule has 2 bridgehead atoms. The van der Waals surface area contributed by atoms with Gasteiger partial charge in [-0.05, 0) is 77.6 Å². The van der Waals surface area contributed by atoms with Gasteiger partial charge in [-0.15, -0.1) is 0 Å². The summed E-state index contributed by atoms with van der Waals surface area (Å²) in [4.78, 5) is 31.4. The Morgan fingerprint density at radius 3 is 2.60 bits per heavy atom.